The molecule has 5 heteroatoms. The molecule has 0 aromatic carbocycles. The molecule has 0 bridgehead atoms. The van der Waals surface area contributed by atoms with E-state index in [0.29, 0.717) is 0 Å². The lowest BCUT2D eigenvalue weighted by atomic mass is 10.4. The van der Waals surface area contributed by atoms with E-state index < -0.39 is 0 Å². The molecule has 2 heterocycles. The third-order valence-corrected chi connectivity index (χ3v) is 5.08. The zero-order chi connectivity index (χ0) is 13.4. The van der Waals surface area contributed by atoms with E-state index in [1.54, 1.807) is 0 Å². The Labute approximate surface area is 122 Å². The molecule has 0 aliphatic heterocycles. The molecule has 3 rings (SSSR count). The first-order chi connectivity index (χ1) is 9.13. The highest BCUT2D eigenvalue weighted by Crippen LogP contribution is 2.24. The molecule has 0 radical (unpaired) electrons. The second kappa shape index (κ2) is 5.27. The first-order valence-corrected chi connectivity index (χ1v) is 7.83. The number of thiophene rings is 1. The Hall–Kier alpha value is -0.840. The Bertz CT molecular complexity index is 584. The Morgan fingerprint density at radius 1 is 1.37 bits per heavy atom. The summed E-state index contributed by atoms with van der Waals surface area (Å²) in [5.74, 6) is 0. The fraction of sp³-hybridized carbons (Fsp3) is 0.500. The van der Waals surface area contributed by atoms with Gasteiger partial charge >= 0.3 is 0 Å². The maximum atomic E-state index is 6.17. The van der Waals surface area contributed by atoms with Gasteiger partial charge in [-0.05, 0) is 38.8 Å². The highest BCUT2D eigenvalue weighted by atomic mass is 35.5. The SMILES string of the molecule is Cc1nn(Cc2ccc(CNC3CC3)s2)c(C)c1Cl. The van der Waals surface area contributed by atoms with E-state index in [-0.39, 0.29) is 0 Å². The van der Waals surface area contributed by atoms with Crippen LogP contribution in [0.15, 0.2) is 12.1 Å². The van der Waals surface area contributed by atoms with Gasteiger partial charge in [0.2, 0.25) is 0 Å². The molecule has 0 amide bonds. The highest BCUT2D eigenvalue weighted by Gasteiger charge is 2.20. The fourth-order valence-electron chi connectivity index (χ4n) is 2.11. The lowest BCUT2D eigenvalue weighted by molar-refractivity contribution is 0.666. The van der Waals surface area contributed by atoms with Gasteiger partial charge in [-0.3, -0.25) is 4.68 Å². The minimum Gasteiger partial charge on any atom is -0.309 e. The summed E-state index contributed by atoms with van der Waals surface area (Å²) in [5.41, 5.74) is 1.96. The monoisotopic (exact) mass is 295 g/mol. The number of aromatic nitrogens is 2. The zero-order valence-corrected chi connectivity index (χ0v) is 12.8. The van der Waals surface area contributed by atoms with Gasteiger partial charge in [0.1, 0.15) is 0 Å². The number of hydrogen-bond acceptors (Lipinski definition) is 3. The van der Waals surface area contributed by atoms with Crippen molar-refractivity contribution in [3.63, 3.8) is 0 Å². The van der Waals surface area contributed by atoms with E-state index in [2.05, 4.69) is 22.5 Å². The largest absolute Gasteiger partial charge is 0.309 e. The average Bonchev–Trinajstić information content (AvgIpc) is 3.08. The zero-order valence-electron chi connectivity index (χ0n) is 11.2. The van der Waals surface area contributed by atoms with E-state index in [9.17, 15) is 0 Å². The molecule has 19 heavy (non-hydrogen) atoms. The van der Waals surface area contributed by atoms with Gasteiger partial charge in [-0.25, -0.2) is 0 Å². The number of rotatable bonds is 5. The molecular formula is C14H18ClN3S. The fourth-order valence-corrected chi connectivity index (χ4v) is 3.20. The molecule has 0 unspecified atom stereocenters. The van der Waals surface area contributed by atoms with Crippen molar-refractivity contribution in [3.05, 3.63) is 38.3 Å². The van der Waals surface area contributed by atoms with Crippen molar-refractivity contribution in [2.45, 2.75) is 45.8 Å². The summed E-state index contributed by atoms with van der Waals surface area (Å²) >= 11 is 8.03. The lowest BCUT2D eigenvalue weighted by Crippen LogP contribution is -2.14. The van der Waals surface area contributed by atoms with Crippen LogP contribution in [0.4, 0.5) is 0 Å². The van der Waals surface area contributed by atoms with E-state index in [1.165, 1.54) is 22.6 Å². The third kappa shape index (κ3) is 3.02. The van der Waals surface area contributed by atoms with Gasteiger partial charge < -0.3 is 5.32 Å². The molecule has 1 saturated carbocycles. The summed E-state index contributed by atoms with van der Waals surface area (Å²) in [7, 11) is 0. The van der Waals surface area contributed by atoms with Crippen LogP contribution in [0.1, 0.15) is 34.0 Å². The van der Waals surface area contributed by atoms with Gasteiger partial charge in [0.05, 0.1) is 23.0 Å². The second-order valence-electron chi connectivity index (χ2n) is 5.17. The van der Waals surface area contributed by atoms with Crippen LogP contribution in [0.3, 0.4) is 0 Å². The normalized spacial score (nSPS) is 15.1. The molecular weight excluding hydrogens is 278 g/mol. The number of nitrogens with zero attached hydrogens (tertiary/aromatic N) is 2. The molecule has 1 fully saturated rings. The quantitative estimate of drug-likeness (QED) is 0.915. The van der Waals surface area contributed by atoms with Crippen molar-refractivity contribution in [3.8, 4) is 0 Å². The van der Waals surface area contributed by atoms with E-state index >= 15 is 0 Å². The molecule has 3 nitrogen and oxygen atoms in total. The first-order valence-electron chi connectivity index (χ1n) is 6.64. The topological polar surface area (TPSA) is 29.9 Å². The molecule has 2 aromatic rings. The van der Waals surface area contributed by atoms with Crippen LogP contribution in [-0.4, -0.2) is 15.8 Å². The first kappa shape index (κ1) is 13.2. The van der Waals surface area contributed by atoms with Crippen LogP contribution in [-0.2, 0) is 13.1 Å². The molecule has 1 aliphatic rings. The van der Waals surface area contributed by atoms with Crippen molar-refractivity contribution < 1.29 is 0 Å². The summed E-state index contributed by atoms with van der Waals surface area (Å²) < 4.78 is 1.99. The van der Waals surface area contributed by atoms with Gasteiger partial charge in [-0.15, -0.1) is 11.3 Å². The van der Waals surface area contributed by atoms with Gasteiger partial charge in [-0.2, -0.15) is 5.10 Å². The Morgan fingerprint density at radius 2 is 2.11 bits per heavy atom. The summed E-state index contributed by atoms with van der Waals surface area (Å²) in [6.45, 7) is 5.78. The minimum atomic E-state index is 0.764. The number of aryl methyl sites for hydroxylation is 1. The predicted molar refractivity (Wildman–Crippen MR) is 80.0 cm³/mol. The van der Waals surface area contributed by atoms with E-state index in [1.807, 2.05) is 29.9 Å². The van der Waals surface area contributed by atoms with Gasteiger partial charge in [0.15, 0.2) is 0 Å². The van der Waals surface area contributed by atoms with Gasteiger partial charge in [0.25, 0.3) is 0 Å². The number of halogens is 1. The van der Waals surface area contributed by atoms with Gasteiger partial charge in [-0.1, -0.05) is 11.6 Å². The highest BCUT2D eigenvalue weighted by molar-refractivity contribution is 7.11. The van der Waals surface area contributed by atoms with Crippen LogP contribution in [0, 0.1) is 13.8 Å². The smallest absolute Gasteiger partial charge is 0.0844 e. The second-order valence-corrected chi connectivity index (χ2v) is 6.80. The van der Waals surface area contributed by atoms with Crippen LogP contribution in [0.5, 0.6) is 0 Å². The molecule has 1 aliphatic carbocycles. The van der Waals surface area contributed by atoms with Crippen LogP contribution in [0.2, 0.25) is 5.02 Å². The Balaban J connectivity index is 1.66. The average molecular weight is 296 g/mol. The predicted octanol–water partition coefficient (Wildman–Crippen LogP) is 3.52. The van der Waals surface area contributed by atoms with Crippen LogP contribution in [0.25, 0.3) is 0 Å². The van der Waals surface area contributed by atoms with Crippen molar-refractivity contribution in [2.75, 3.05) is 0 Å². The molecule has 0 atom stereocenters. The summed E-state index contributed by atoms with van der Waals surface area (Å²) in [6.07, 6.45) is 2.67. The molecule has 1 N–H and O–H groups in total. The van der Waals surface area contributed by atoms with Crippen molar-refractivity contribution in [1.82, 2.24) is 15.1 Å². The lowest BCUT2D eigenvalue weighted by Gasteiger charge is -2.02. The van der Waals surface area contributed by atoms with Gasteiger partial charge in [0, 0.05) is 22.3 Å². The Morgan fingerprint density at radius 3 is 2.74 bits per heavy atom. The molecule has 102 valence electrons. The minimum absolute atomic E-state index is 0.764. The molecule has 2 aromatic heterocycles. The summed E-state index contributed by atoms with van der Waals surface area (Å²) in [6, 6.07) is 5.17. The van der Waals surface area contributed by atoms with Crippen LogP contribution >= 0.6 is 22.9 Å². The molecule has 0 saturated heterocycles. The summed E-state index contributed by atoms with van der Waals surface area (Å²) in [5, 5.41) is 8.80. The Kier molecular flexibility index (Phi) is 3.65. The maximum Gasteiger partial charge on any atom is 0.0844 e. The summed E-state index contributed by atoms with van der Waals surface area (Å²) in [4.78, 5) is 2.73. The van der Waals surface area contributed by atoms with Crippen molar-refractivity contribution >= 4 is 22.9 Å². The maximum absolute atomic E-state index is 6.17. The van der Waals surface area contributed by atoms with E-state index in [0.717, 1.165) is 35.5 Å². The van der Waals surface area contributed by atoms with E-state index in [4.69, 9.17) is 11.6 Å². The van der Waals surface area contributed by atoms with Crippen molar-refractivity contribution in [1.29, 1.82) is 0 Å². The number of hydrogen-bond donors (Lipinski definition) is 1. The number of nitrogens with one attached hydrogen (secondary N) is 1. The standard InChI is InChI=1S/C14H18ClN3S/c1-9-14(15)10(2)18(17-9)8-13-6-5-12(19-13)7-16-11-3-4-11/h5-6,11,16H,3-4,7-8H2,1-2H3. The third-order valence-electron chi connectivity index (χ3n) is 3.46. The van der Waals surface area contributed by atoms with Crippen LogP contribution < -0.4 is 5.32 Å². The molecule has 0 spiro atoms. The van der Waals surface area contributed by atoms with Crippen molar-refractivity contribution in [2.24, 2.45) is 0 Å².